The Morgan fingerprint density at radius 3 is 1.73 bits per heavy atom. The van der Waals surface area contributed by atoms with Crippen molar-refractivity contribution < 1.29 is 9.47 Å². The first kappa shape index (κ1) is 22.7. The second-order valence-corrected chi connectivity index (χ2v) is 8.90. The number of hydrogen-bond acceptors (Lipinski definition) is 2. The number of fused-ring (bicyclic) bond motifs is 1. The summed E-state index contributed by atoms with van der Waals surface area (Å²) in [7, 11) is 3.39. The van der Waals surface area contributed by atoms with Crippen LogP contribution in [-0.2, 0) is 0 Å². The summed E-state index contributed by atoms with van der Waals surface area (Å²) in [6, 6.07) is 25.7. The molecule has 0 saturated heterocycles. The lowest BCUT2D eigenvalue weighted by Gasteiger charge is -2.12. The van der Waals surface area contributed by atoms with Crippen LogP contribution in [0.3, 0.4) is 0 Å². The normalized spacial score (nSPS) is 11.0. The highest BCUT2D eigenvalue weighted by Gasteiger charge is 2.17. The van der Waals surface area contributed by atoms with E-state index in [4.69, 9.17) is 9.47 Å². The van der Waals surface area contributed by atoms with Gasteiger partial charge >= 0.3 is 0 Å². The molecular formula is C31H32O2. The van der Waals surface area contributed by atoms with Gasteiger partial charge in [-0.1, -0.05) is 62.4 Å². The van der Waals surface area contributed by atoms with Crippen molar-refractivity contribution in [3.8, 4) is 22.6 Å². The van der Waals surface area contributed by atoms with Gasteiger partial charge in [0.1, 0.15) is 11.5 Å². The summed E-state index contributed by atoms with van der Waals surface area (Å²) in [6.07, 6.45) is 2.32. The van der Waals surface area contributed by atoms with E-state index in [0.717, 1.165) is 22.6 Å². The zero-order valence-corrected chi connectivity index (χ0v) is 20.4. The van der Waals surface area contributed by atoms with E-state index in [-0.39, 0.29) is 0 Å². The predicted octanol–water partition coefficient (Wildman–Crippen LogP) is 8.14. The van der Waals surface area contributed by atoms with Crippen LogP contribution in [0.5, 0.6) is 11.5 Å². The Morgan fingerprint density at radius 2 is 1.24 bits per heavy atom. The molecule has 0 amide bonds. The molecule has 0 bridgehead atoms. The minimum absolute atomic E-state index is 0.488. The lowest BCUT2D eigenvalue weighted by atomic mass is 9.94. The van der Waals surface area contributed by atoms with Crippen LogP contribution in [-0.4, -0.2) is 14.2 Å². The smallest absolute Gasteiger partial charge is 0.118 e. The zero-order chi connectivity index (χ0) is 23.5. The topological polar surface area (TPSA) is 18.5 Å². The Hall–Kier alpha value is -3.52. The second-order valence-electron chi connectivity index (χ2n) is 8.90. The molecule has 0 fully saturated rings. The highest BCUT2D eigenvalue weighted by atomic mass is 16.5. The molecule has 33 heavy (non-hydrogen) atoms. The lowest BCUT2D eigenvalue weighted by Crippen LogP contribution is -1.91. The van der Waals surface area contributed by atoms with Crippen molar-refractivity contribution in [1.29, 1.82) is 0 Å². The zero-order valence-electron chi connectivity index (χ0n) is 20.4. The quantitative estimate of drug-likeness (QED) is 0.304. The fourth-order valence-electron chi connectivity index (χ4n) is 4.38. The maximum Gasteiger partial charge on any atom is 0.118 e. The van der Waals surface area contributed by atoms with Gasteiger partial charge in [-0.15, -0.1) is 0 Å². The molecule has 2 nitrogen and oxygen atoms in total. The van der Waals surface area contributed by atoms with Gasteiger partial charge in [0.15, 0.2) is 0 Å². The average Bonchev–Trinajstić information content (AvgIpc) is 3.02. The third kappa shape index (κ3) is 4.66. The Labute approximate surface area is 197 Å². The van der Waals surface area contributed by atoms with E-state index in [1.807, 2.05) is 24.3 Å². The van der Waals surface area contributed by atoms with Gasteiger partial charge in [0, 0.05) is 0 Å². The molecule has 0 saturated carbocycles. The maximum absolute atomic E-state index is 5.38. The van der Waals surface area contributed by atoms with E-state index in [2.05, 4.69) is 82.3 Å². The third-order valence-electron chi connectivity index (χ3n) is 6.35. The first-order chi connectivity index (χ1) is 15.9. The van der Waals surface area contributed by atoms with E-state index in [9.17, 15) is 0 Å². The first-order valence-electron chi connectivity index (χ1n) is 11.5. The second kappa shape index (κ2) is 9.54. The number of hydrogen-bond donors (Lipinski definition) is 0. The number of rotatable bonds is 6. The van der Waals surface area contributed by atoms with E-state index < -0.39 is 0 Å². The Balaban J connectivity index is 1.92. The summed E-state index contributed by atoms with van der Waals surface area (Å²) in [5.41, 5.74) is 11.3. The third-order valence-corrected chi connectivity index (χ3v) is 6.35. The maximum atomic E-state index is 5.38. The fraction of sp³-hybridized carbons (Fsp3) is 0.226. The molecule has 2 aliphatic carbocycles. The van der Waals surface area contributed by atoms with Crippen molar-refractivity contribution in [3.63, 3.8) is 0 Å². The molecule has 2 heteroatoms. The Kier molecular flexibility index (Phi) is 6.55. The van der Waals surface area contributed by atoms with E-state index in [0.29, 0.717) is 5.92 Å². The van der Waals surface area contributed by atoms with Crippen LogP contribution >= 0.6 is 0 Å². The first-order valence-corrected chi connectivity index (χ1v) is 11.5. The average molecular weight is 437 g/mol. The Morgan fingerprint density at radius 1 is 0.697 bits per heavy atom. The molecule has 0 spiro atoms. The molecule has 0 aliphatic heterocycles. The summed E-state index contributed by atoms with van der Waals surface area (Å²) in [5, 5.41) is 0. The molecule has 4 rings (SSSR count). The number of methoxy groups -OCH3 is 2. The van der Waals surface area contributed by atoms with Crippen LogP contribution in [0.2, 0.25) is 0 Å². The van der Waals surface area contributed by atoms with Gasteiger partial charge in [0.05, 0.1) is 14.2 Å². The van der Waals surface area contributed by atoms with Crippen molar-refractivity contribution in [3.05, 3.63) is 106 Å². The summed E-state index contributed by atoms with van der Waals surface area (Å²) in [5.74, 6) is 2.19. The molecule has 2 aliphatic rings. The molecule has 168 valence electrons. The standard InChI is InChI=1S/C31H32O2/c1-20(2)25-8-7-21(3)31-26(17-22(4)29(31)18-25)19-30(23-9-13-27(32-5)14-10-23)24-11-15-28(33-6)16-12-24/h7-20H,1-6H3. The number of benzene rings is 2. The van der Waals surface area contributed by atoms with Crippen LogP contribution in [0.1, 0.15) is 53.1 Å². The molecule has 0 N–H and O–H groups in total. The van der Waals surface area contributed by atoms with Crippen LogP contribution in [0.15, 0.2) is 72.8 Å². The number of ether oxygens (including phenoxy) is 2. The highest BCUT2D eigenvalue weighted by molar-refractivity contribution is 5.96. The largest absolute Gasteiger partial charge is 0.497 e. The van der Waals surface area contributed by atoms with E-state index in [1.54, 1.807) is 14.2 Å². The van der Waals surface area contributed by atoms with E-state index in [1.165, 1.54) is 39.0 Å². The summed E-state index contributed by atoms with van der Waals surface area (Å²) < 4.78 is 10.8. The van der Waals surface area contributed by atoms with Gasteiger partial charge in [-0.2, -0.15) is 0 Å². The summed E-state index contributed by atoms with van der Waals surface area (Å²) in [4.78, 5) is 0. The van der Waals surface area contributed by atoms with Crippen LogP contribution < -0.4 is 9.47 Å². The SMILES string of the molecule is COc1ccc(C(=Cc2cc(C)c3cc(C(C)C)ccc(C)c2-3)c2ccc(OC)cc2)cc1. The number of aryl methyl sites for hydroxylation is 2. The van der Waals surface area contributed by atoms with Gasteiger partial charge < -0.3 is 9.47 Å². The van der Waals surface area contributed by atoms with Crippen LogP contribution in [0, 0.1) is 13.8 Å². The molecular weight excluding hydrogens is 404 g/mol. The van der Waals surface area contributed by atoms with Crippen LogP contribution in [0.25, 0.3) is 22.8 Å². The van der Waals surface area contributed by atoms with Crippen molar-refractivity contribution in [2.75, 3.05) is 14.2 Å². The fourth-order valence-corrected chi connectivity index (χ4v) is 4.38. The van der Waals surface area contributed by atoms with Crippen molar-refractivity contribution in [2.45, 2.75) is 33.6 Å². The van der Waals surface area contributed by atoms with Gasteiger partial charge in [0.25, 0.3) is 0 Å². The Bertz CT molecular complexity index is 1200. The van der Waals surface area contributed by atoms with E-state index >= 15 is 0 Å². The molecule has 0 atom stereocenters. The van der Waals surface area contributed by atoms with Crippen molar-refractivity contribution >= 4 is 11.6 Å². The van der Waals surface area contributed by atoms with Crippen LogP contribution in [0.4, 0.5) is 0 Å². The van der Waals surface area contributed by atoms with Gasteiger partial charge in [-0.05, 0) is 100 Å². The molecule has 2 aromatic rings. The lowest BCUT2D eigenvalue weighted by molar-refractivity contribution is 0.414. The summed E-state index contributed by atoms with van der Waals surface area (Å²) in [6.45, 7) is 8.93. The van der Waals surface area contributed by atoms with Gasteiger partial charge in [-0.25, -0.2) is 0 Å². The highest BCUT2D eigenvalue weighted by Crippen LogP contribution is 2.39. The van der Waals surface area contributed by atoms with Crippen molar-refractivity contribution in [1.82, 2.24) is 0 Å². The minimum atomic E-state index is 0.488. The molecule has 0 radical (unpaired) electrons. The molecule has 2 aromatic carbocycles. The monoisotopic (exact) mass is 436 g/mol. The predicted molar refractivity (Wildman–Crippen MR) is 140 cm³/mol. The summed E-state index contributed by atoms with van der Waals surface area (Å²) >= 11 is 0. The van der Waals surface area contributed by atoms with Crippen molar-refractivity contribution in [2.24, 2.45) is 0 Å². The van der Waals surface area contributed by atoms with Gasteiger partial charge in [-0.3, -0.25) is 0 Å². The molecule has 0 aromatic heterocycles. The molecule has 0 heterocycles. The van der Waals surface area contributed by atoms with Gasteiger partial charge in [0.2, 0.25) is 0 Å². The molecule has 0 unspecified atom stereocenters. The minimum Gasteiger partial charge on any atom is -0.497 e.